The lowest BCUT2D eigenvalue weighted by molar-refractivity contribution is 0.283. The SMILES string of the molecule is CC(C)c1cnn2cnc(OCCCCN)nc12. The van der Waals surface area contributed by atoms with Gasteiger partial charge in [0.15, 0.2) is 5.65 Å². The third-order valence-electron chi connectivity index (χ3n) is 2.73. The first-order chi connectivity index (χ1) is 8.72. The molecule has 0 bridgehead atoms. The van der Waals surface area contributed by atoms with Gasteiger partial charge in [0, 0.05) is 5.56 Å². The summed E-state index contributed by atoms with van der Waals surface area (Å²) < 4.78 is 7.17. The van der Waals surface area contributed by atoms with E-state index in [9.17, 15) is 0 Å². The Morgan fingerprint density at radius 3 is 2.94 bits per heavy atom. The van der Waals surface area contributed by atoms with Crippen molar-refractivity contribution in [1.29, 1.82) is 0 Å². The van der Waals surface area contributed by atoms with Crippen molar-refractivity contribution in [3.05, 3.63) is 18.1 Å². The number of ether oxygens (including phenoxy) is 1. The van der Waals surface area contributed by atoms with Crippen LogP contribution in [0.3, 0.4) is 0 Å². The molecule has 0 fully saturated rings. The van der Waals surface area contributed by atoms with Gasteiger partial charge in [-0.25, -0.2) is 4.52 Å². The minimum absolute atomic E-state index is 0.377. The predicted molar refractivity (Wildman–Crippen MR) is 68.7 cm³/mol. The summed E-state index contributed by atoms with van der Waals surface area (Å²) in [6, 6.07) is 0.405. The van der Waals surface area contributed by atoms with Gasteiger partial charge in [-0.1, -0.05) is 13.8 Å². The predicted octanol–water partition coefficient (Wildman–Crippen LogP) is 1.37. The molecule has 2 N–H and O–H groups in total. The molecule has 0 unspecified atom stereocenters. The Balaban J connectivity index is 2.12. The number of hydrogen-bond acceptors (Lipinski definition) is 5. The third kappa shape index (κ3) is 2.76. The van der Waals surface area contributed by atoms with Gasteiger partial charge in [-0.2, -0.15) is 15.1 Å². The standard InChI is InChI=1S/C12H19N5O/c1-9(2)10-7-15-17-8-14-12(16-11(10)17)18-6-4-3-5-13/h7-9H,3-6,13H2,1-2H3. The Labute approximate surface area is 106 Å². The number of hydrogen-bond donors (Lipinski definition) is 1. The van der Waals surface area contributed by atoms with Crippen molar-refractivity contribution in [2.75, 3.05) is 13.2 Å². The van der Waals surface area contributed by atoms with Crippen LogP contribution in [0.5, 0.6) is 6.01 Å². The average Bonchev–Trinajstić information content (AvgIpc) is 2.77. The Morgan fingerprint density at radius 2 is 2.22 bits per heavy atom. The number of unbranched alkanes of at least 4 members (excludes halogenated alkanes) is 1. The second kappa shape index (κ2) is 5.77. The van der Waals surface area contributed by atoms with E-state index in [-0.39, 0.29) is 0 Å². The zero-order valence-corrected chi connectivity index (χ0v) is 10.8. The van der Waals surface area contributed by atoms with Gasteiger partial charge in [-0.15, -0.1) is 0 Å². The highest BCUT2D eigenvalue weighted by molar-refractivity contribution is 5.47. The smallest absolute Gasteiger partial charge is 0.319 e. The highest BCUT2D eigenvalue weighted by Gasteiger charge is 2.10. The molecule has 0 atom stereocenters. The van der Waals surface area contributed by atoms with Crippen LogP contribution in [-0.4, -0.2) is 32.7 Å². The molecule has 0 aliphatic heterocycles. The average molecular weight is 249 g/mol. The molecular formula is C12H19N5O. The maximum absolute atomic E-state index is 5.50. The van der Waals surface area contributed by atoms with E-state index >= 15 is 0 Å². The van der Waals surface area contributed by atoms with Crippen molar-refractivity contribution in [1.82, 2.24) is 19.6 Å². The molecule has 0 amide bonds. The molecule has 98 valence electrons. The van der Waals surface area contributed by atoms with Crippen molar-refractivity contribution in [3.8, 4) is 6.01 Å². The molecule has 2 aromatic heterocycles. The zero-order chi connectivity index (χ0) is 13.0. The van der Waals surface area contributed by atoms with E-state index in [2.05, 4.69) is 28.9 Å². The lowest BCUT2D eigenvalue weighted by Gasteiger charge is -2.05. The number of nitrogens with two attached hydrogens (primary N) is 1. The van der Waals surface area contributed by atoms with Gasteiger partial charge in [0.2, 0.25) is 0 Å². The van der Waals surface area contributed by atoms with E-state index in [4.69, 9.17) is 10.5 Å². The van der Waals surface area contributed by atoms with Crippen LogP contribution >= 0.6 is 0 Å². The highest BCUT2D eigenvalue weighted by Crippen LogP contribution is 2.19. The Kier molecular flexibility index (Phi) is 4.09. The summed E-state index contributed by atoms with van der Waals surface area (Å²) in [7, 11) is 0. The van der Waals surface area contributed by atoms with Gasteiger partial charge >= 0.3 is 6.01 Å². The van der Waals surface area contributed by atoms with Crippen molar-refractivity contribution in [2.45, 2.75) is 32.6 Å². The Morgan fingerprint density at radius 1 is 1.39 bits per heavy atom. The molecule has 0 saturated carbocycles. The fraction of sp³-hybridized carbons (Fsp3) is 0.583. The molecule has 6 heteroatoms. The van der Waals surface area contributed by atoms with Gasteiger partial charge in [-0.05, 0) is 25.3 Å². The summed E-state index contributed by atoms with van der Waals surface area (Å²) >= 11 is 0. The number of fused-ring (bicyclic) bond motifs is 1. The van der Waals surface area contributed by atoms with Gasteiger partial charge < -0.3 is 10.5 Å². The fourth-order valence-corrected chi connectivity index (χ4v) is 1.68. The van der Waals surface area contributed by atoms with Crippen LogP contribution in [0.15, 0.2) is 12.5 Å². The summed E-state index contributed by atoms with van der Waals surface area (Å²) in [5.41, 5.74) is 7.34. The first-order valence-electron chi connectivity index (χ1n) is 6.25. The van der Waals surface area contributed by atoms with Crippen LogP contribution in [0.1, 0.15) is 38.2 Å². The minimum Gasteiger partial charge on any atom is -0.463 e. The van der Waals surface area contributed by atoms with Gasteiger partial charge in [-0.3, -0.25) is 0 Å². The molecule has 2 rings (SSSR count). The first-order valence-corrected chi connectivity index (χ1v) is 6.25. The topological polar surface area (TPSA) is 78.3 Å². The maximum atomic E-state index is 5.50. The lowest BCUT2D eigenvalue weighted by atomic mass is 10.1. The number of nitrogens with zero attached hydrogens (tertiary/aromatic N) is 4. The summed E-state index contributed by atoms with van der Waals surface area (Å²) in [6.45, 7) is 5.50. The summed E-state index contributed by atoms with van der Waals surface area (Å²) in [6.07, 6.45) is 5.33. The van der Waals surface area contributed by atoms with Crippen LogP contribution in [0.4, 0.5) is 0 Å². The minimum atomic E-state index is 0.377. The van der Waals surface area contributed by atoms with Crippen LogP contribution in [-0.2, 0) is 0 Å². The monoisotopic (exact) mass is 249 g/mol. The van der Waals surface area contributed by atoms with Gasteiger partial charge in [0.1, 0.15) is 6.33 Å². The van der Waals surface area contributed by atoms with E-state index in [0.717, 1.165) is 24.1 Å². The van der Waals surface area contributed by atoms with Crippen molar-refractivity contribution < 1.29 is 4.74 Å². The lowest BCUT2D eigenvalue weighted by Crippen LogP contribution is -2.06. The molecule has 18 heavy (non-hydrogen) atoms. The second-order valence-electron chi connectivity index (χ2n) is 4.51. The summed E-state index contributed by atoms with van der Waals surface area (Å²) in [5, 5.41) is 4.21. The molecule has 0 saturated heterocycles. The molecule has 0 spiro atoms. The van der Waals surface area contributed by atoms with Crippen LogP contribution in [0, 0.1) is 0 Å². The van der Waals surface area contributed by atoms with Gasteiger partial charge in [0.05, 0.1) is 12.8 Å². The molecule has 0 aliphatic carbocycles. The molecular weight excluding hydrogens is 230 g/mol. The third-order valence-corrected chi connectivity index (χ3v) is 2.73. The number of rotatable bonds is 6. The van der Waals surface area contributed by atoms with E-state index in [0.29, 0.717) is 25.1 Å². The molecule has 2 heterocycles. The second-order valence-corrected chi connectivity index (χ2v) is 4.51. The van der Waals surface area contributed by atoms with Crippen LogP contribution < -0.4 is 10.5 Å². The quantitative estimate of drug-likeness (QED) is 0.782. The fourth-order valence-electron chi connectivity index (χ4n) is 1.68. The highest BCUT2D eigenvalue weighted by atomic mass is 16.5. The molecule has 2 aromatic rings. The largest absolute Gasteiger partial charge is 0.463 e. The van der Waals surface area contributed by atoms with Crippen molar-refractivity contribution in [2.24, 2.45) is 5.73 Å². The van der Waals surface area contributed by atoms with Crippen molar-refractivity contribution in [3.63, 3.8) is 0 Å². The Hall–Kier alpha value is -1.69. The van der Waals surface area contributed by atoms with Gasteiger partial charge in [0.25, 0.3) is 0 Å². The zero-order valence-electron chi connectivity index (χ0n) is 10.8. The number of aromatic nitrogens is 4. The van der Waals surface area contributed by atoms with E-state index in [1.54, 1.807) is 10.8 Å². The normalized spacial score (nSPS) is 11.3. The molecule has 0 radical (unpaired) electrons. The van der Waals surface area contributed by atoms with E-state index in [1.807, 2.05) is 6.20 Å². The van der Waals surface area contributed by atoms with E-state index < -0.39 is 0 Å². The maximum Gasteiger partial charge on any atom is 0.319 e. The Bertz CT molecular complexity index is 508. The van der Waals surface area contributed by atoms with Crippen LogP contribution in [0.25, 0.3) is 5.65 Å². The van der Waals surface area contributed by atoms with Crippen LogP contribution in [0.2, 0.25) is 0 Å². The first kappa shape index (κ1) is 12.8. The molecule has 0 aromatic carbocycles. The summed E-state index contributed by atoms with van der Waals surface area (Å²) in [4.78, 5) is 8.50. The van der Waals surface area contributed by atoms with E-state index in [1.165, 1.54) is 0 Å². The summed E-state index contributed by atoms with van der Waals surface area (Å²) in [5.74, 6) is 0.377. The van der Waals surface area contributed by atoms with Crippen molar-refractivity contribution >= 4 is 5.65 Å². The molecule has 6 nitrogen and oxygen atoms in total. The molecule has 0 aliphatic rings.